The normalized spacial score (nSPS) is 14.0. The van der Waals surface area contributed by atoms with Crippen LogP contribution in [0.3, 0.4) is 0 Å². The molecule has 5 heavy (non-hydrogen) atoms. The average Bonchev–Trinajstić information content (AvgIpc) is 1.38. The van der Waals surface area contributed by atoms with Crippen molar-refractivity contribution in [2.45, 2.75) is 5.75 Å². The van der Waals surface area contributed by atoms with Gasteiger partial charge >= 0.3 is 5.75 Å². The maximum absolute atomic E-state index is 10.7. The first-order valence-electron chi connectivity index (χ1n) is 0.877. The first-order valence-corrected chi connectivity index (χ1v) is 1.31. The van der Waals surface area contributed by atoms with Crippen LogP contribution in [0.5, 0.6) is 0 Å². The lowest BCUT2D eigenvalue weighted by atomic mass is 11.4. The minimum absolute atomic E-state index is 1.74. The Hall–Kier alpha value is -0.180. The minimum Gasteiger partial charge on any atom is -0.200 e. The van der Waals surface area contributed by atoms with Crippen LogP contribution in [0, 0.1) is 4.91 Å². The summed E-state index contributed by atoms with van der Waals surface area (Å²) in [5.74, 6) is -2.07. The molecular formula is CHClFNO. The van der Waals surface area contributed by atoms with Crippen LogP contribution in [0.1, 0.15) is 0 Å². The summed E-state index contributed by atoms with van der Waals surface area (Å²) in [6, 6.07) is 0. The molecule has 0 aliphatic carbocycles. The van der Waals surface area contributed by atoms with Gasteiger partial charge in [0.25, 0.3) is 0 Å². The summed E-state index contributed by atoms with van der Waals surface area (Å²) in [5, 5.41) is 1.74. The Kier molecular flexibility index (Phi) is 2.01. The zero-order valence-electron chi connectivity index (χ0n) is 2.19. The van der Waals surface area contributed by atoms with Crippen LogP contribution in [0.2, 0.25) is 0 Å². The van der Waals surface area contributed by atoms with Crippen molar-refractivity contribution in [3.05, 3.63) is 4.91 Å². The average molecular weight is 97.5 g/mol. The molecule has 0 saturated carbocycles. The Morgan fingerprint density at radius 1 is 2.00 bits per heavy atom. The molecule has 0 saturated heterocycles. The lowest BCUT2D eigenvalue weighted by molar-refractivity contribution is 0.457. The molecule has 0 fully saturated rings. The van der Waals surface area contributed by atoms with Crippen molar-refractivity contribution in [3.63, 3.8) is 0 Å². The molecule has 0 rings (SSSR count). The first-order chi connectivity index (χ1) is 2.27. The van der Waals surface area contributed by atoms with Crippen molar-refractivity contribution in [3.8, 4) is 0 Å². The number of nitrogens with zero attached hydrogens (tertiary/aromatic N) is 1. The van der Waals surface area contributed by atoms with Gasteiger partial charge in [0.15, 0.2) is 0 Å². The lowest BCUT2D eigenvalue weighted by Crippen LogP contribution is -1.71. The van der Waals surface area contributed by atoms with Crippen LogP contribution in [0.25, 0.3) is 0 Å². The van der Waals surface area contributed by atoms with Crippen molar-refractivity contribution in [1.29, 1.82) is 0 Å². The van der Waals surface area contributed by atoms with Crippen LogP contribution >= 0.6 is 11.6 Å². The molecule has 0 aliphatic rings. The zero-order valence-corrected chi connectivity index (χ0v) is 2.94. The summed E-state index contributed by atoms with van der Waals surface area (Å²) in [5.41, 5.74) is 0. The molecule has 30 valence electrons. The molecule has 0 heterocycles. The van der Waals surface area contributed by atoms with E-state index in [4.69, 9.17) is 4.91 Å². The highest BCUT2D eigenvalue weighted by atomic mass is 35.5. The molecule has 0 aromatic carbocycles. The van der Waals surface area contributed by atoms with E-state index in [1.54, 1.807) is 5.18 Å². The summed E-state index contributed by atoms with van der Waals surface area (Å²) in [6.07, 6.45) is 0. The van der Waals surface area contributed by atoms with Gasteiger partial charge in [-0.3, -0.25) is 0 Å². The van der Waals surface area contributed by atoms with Crippen LogP contribution < -0.4 is 0 Å². The zero-order chi connectivity index (χ0) is 4.28. The molecule has 0 spiro atoms. The summed E-state index contributed by atoms with van der Waals surface area (Å²) < 4.78 is 10.7. The highest BCUT2D eigenvalue weighted by molar-refractivity contribution is 6.19. The van der Waals surface area contributed by atoms with Crippen molar-refractivity contribution < 1.29 is 4.39 Å². The van der Waals surface area contributed by atoms with Crippen molar-refractivity contribution in [1.82, 2.24) is 0 Å². The molecule has 0 aliphatic heterocycles. The molecule has 0 N–H and O–H groups in total. The highest BCUT2D eigenvalue weighted by Crippen LogP contribution is 1.93. The molecule has 0 radical (unpaired) electrons. The van der Waals surface area contributed by atoms with Gasteiger partial charge < -0.3 is 0 Å². The molecule has 1 unspecified atom stereocenters. The summed E-state index contributed by atoms with van der Waals surface area (Å²) in [4.78, 5) is 8.75. The fourth-order valence-electron chi connectivity index (χ4n) is 0. The van der Waals surface area contributed by atoms with Gasteiger partial charge in [-0.2, -0.15) is 4.39 Å². The summed E-state index contributed by atoms with van der Waals surface area (Å²) in [6.45, 7) is 0. The van der Waals surface area contributed by atoms with Gasteiger partial charge in [-0.15, -0.1) is 4.91 Å². The standard InChI is InChI=1S/CHClFNO/c2-1(3)4-5/h1H. The minimum atomic E-state index is -2.07. The SMILES string of the molecule is O=NC(F)Cl. The number of hydrogen-bond acceptors (Lipinski definition) is 2. The van der Waals surface area contributed by atoms with Crippen LogP contribution in [-0.2, 0) is 0 Å². The van der Waals surface area contributed by atoms with Crippen LogP contribution in [0.15, 0.2) is 5.18 Å². The molecule has 0 amide bonds. The predicted molar refractivity (Wildman–Crippen MR) is 16.5 cm³/mol. The van der Waals surface area contributed by atoms with Gasteiger partial charge in [-0.1, -0.05) is 11.6 Å². The van der Waals surface area contributed by atoms with Crippen molar-refractivity contribution >= 4 is 11.6 Å². The predicted octanol–water partition coefficient (Wildman–Crippen LogP) is 1.24. The summed E-state index contributed by atoms with van der Waals surface area (Å²) in [7, 11) is 0. The van der Waals surface area contributed by atoms with E-state index in [1.165, 1.54) is 0 Å². The Morgan fingerprint density at radius 3 is 2.20 bits per heavy atom. The van der Waals surface area contributed by atoms with E-state index in [1.807, 2.05) is 0 Å². The number of rotatable bonds is 1. The maximum atomic E-state index is 10.7. The second-order valence-electron chi connectivity index (χ2n) is 0.383. The van der Waals surface area contributed by atoms with E-state index in [2.05, 4.69) is 11.6 Å². The number of halogens is 2. The van der Waals surface area contributed by atoms with Gasteiger partial charge in [0.2, 0.25) is 0 Å². The molecule has 0 aromatic rings. The quantitative estimate of drug-likeness (QED) is 0.275. The number of nitroso groups, excluding NO2 is 1. The molecule has 4 heteroatoms. The van der Waals surface area contributed by atoms with E-state index in [-0.39, 0.29) is 0 Å². The second-order valence-corrected chi connectivity index (χ2v) is 0.743. The highest BCUT2D eigenvalue weighted by Gasteiger charge is 1.90. The van der Waals surface area contributed by atoms with Crippen LogP contribution in [-0.4, -0.2) is 5.75 Å². The van der Waals surface area contributed by atoms with E-state index in [0.717, 1.165) is 0 Å². The van der Waals surface area contributed by atoms with Crippen molar-refractivity contribution in [2.75, 3.05) is 0 Å². The molecule has 0 bridgehead atoms. The van der Waals surface area contributed by atoms with Gasteiger partial charge in [0.1, 0.15) is 0 Å². The van der Waals surface area contributed by atoms with E-state index >= 15 is 0 Å². The van der Waals surface area contributed by atoms with Gasteiger partial charge in [-0.05, 0) is 5.18 Å². The molecule has 0 aromatic heterocycles. The monoisotopic (exact) mass is 97.0 g/mol. The Morgan fingerprint density at radius 2 is 2.20 bits per heavy atom. The number of alkyl halides is 2. The van der Waals surface area contributed by atoms with Gasteiger partial charge in [0, 0.05) is 0 Å². The van der Waals surface area contributed by atoms with E-state index in [0.29, 0.717) is 0 Å². The fourth-order valence-corrected chi connectivity index (χ4v) is 0. The van der Waals surface area contributed by atoms with Gasteiger partial charge in [0.05, 0.1) is 0 Å². The topological polar surface area (TPSA) is 29.4 Å². The first kappa shape index (κ1) is 4.82. The lowest BCUT2D eigenvalue weighted by Gasteiger charge is -1.70. The largest absolute Gasteiger partial charge is 0.303 e. The Balaban J connectivity index is 2.83. The third-order valence-electron chi connectivity index (χ3n) is 0.0797. The smallest absolute Gasteiger partial charge is 0.200 e. The van der Waals surface area contributed by atoms with Gasteiger partial charge in [-0.25, -0.2) is 0 Å². The Labute approximate surface area is 32.9 Å². The summed E-state index contributed by atoms with van der Waals surface area (Å²) >= 11 is 4.32. The second kappa shape index (κ2) is 2.08. The third-order valence-corrected chi connectivity index (χ3v) is 0.159. The number of hydrogen-bond donors (Lipinski definition) is 0. The van der Waals surface area contributed by atoms with Crippen LogP contribution in [0.4, 0.5) is 4.39 Å². The third kappa shape index (κ3) is 3.82. The molecule has 1 atom stereocenters. The Bertz CT molecular complexity index is 38.6. The van der Waals surface area contributed by atoms with E-state index < -0.39 is 5.75 Å². The van der Waals surface area contributed by atoms with E-state index in [9.17, 15) is 4.39 Å². The van der Waals surface area contributed by atoms with Crippen molar-refractivity contribution in [2.24, 2.45) is 5.18 Å². The fraction of sp³-hybridized carbons (Fsp3) is 1.00. The molecule has 2 nitrogen and oxygen atoms in total. The molecular weight excluding hydrogens is 96.5 g/mol. The maximum Gasteiger partial charge on any atom is 0.303 e.